The molecule has 6 nitrogen and oxygen atoms in total. The number of nitro groups is 1. The minimum atomic E-state index is -0.748. The van der Waals surface area contributed by atoms with Gasteiger partial charge in [-0.25, -0.2) is 4.39 Å². The van der Waals surface area contributed by atoms with Crippen LogP contribution in [-0.4, -0.2) is 35.9 Å². The lowest BCUT2D eigenvalue weighted by atomic mass is 9.91. The van der Waals surface area contributed by atoms with Crippen LogP contribution in [0.15, 0.2) is 12.1 Å². The van der Waals surface area contributed by atoms with Gasteiger partial charge in [-0.1, -0.05) is 0 Å². The zero-order valence-electron chi connectivity index (χ0n) is 11.4. The Bertz CT molecular complexity index is 558. The number of rotatable bonds is 4. The maximum absolute atomic E-state index is 13.6. The molecule has 1 aliphatic rings. The number of nitro benzene ring substituents is 1. The van der Waals surface area contributed by atoms with E-state index in [9.17, 15) is 19.3 Å². The zero-order valence-corrected chi connectivity index (χ0v) is 11.4. The summed E-state index contributed by atoms with van der Waals surface area (Å²) in [5, 5.41) is 13.6. The molecule has 1 saturated carbocycles. The number of anilines is 1. The number of carbonyl (C=O) groups excluding carboxylic acids is 1. The number of benzene rings is 1. The number of nitrogens with one attached hydrogen (secondary N) is 1. The van der Waals surface area contributed by atoms with Gasteiger partial charge in [-0.2, -0.15) is 0 Å². The van der Waals surface area contributed by atoms with Crippen LogP contribution in [0.4, 0.5) is 15.8 Å². The molecule has 2 rings (SSSR count). The highest BCUT2D eigenvalue weighted by Gasteiger charge is 2.31. The first-order valence-corrected chi connectivity index (χ1v) is 6.38. The van der Waals surface area contributed by atoms with E-state index in [0.29, 0.717) is 0 Å². The zero-order chi connectivity index (χ0) is 14.9. The second-order valence-corrected chi connectivity index (χ2v) is 4.86. The minimum Gasteiger partial charge on any atom is -0.386 e. The molecule has 1 amide bonds. The summed E-state index contributed by atoms with van der Waals surface area (Å²) in [6.07, 6.45) is 2.85. The molecular formula is C13H16FN3O3. The standard InChI is InChI=1S/C13H16FN3O3/c1-15-11-6-9(12(17(19)20)7-10(11)14)13(18)16(2)8-4-3-5-8/h6-8,15H,3-5H2,1-2H3. The quantitative estimate of drug-likeness (QED) is 0.679. The summed E-state index contributed by atoms with van der Waals surface area (Å²) < 4.78 is 13.6. The second-order valence-electron chi connectivity index (χ2n) is 4.86. The van der Waals surface area contributed by atoms with Gasteiger partial charge in [0.2, 0.25) is 0 Å². The molecule has 0 saturated heterocycles. The van der Waals surface area contributed by atoms with E-state index in [1.165, 1.54) is 18.0 Å². The molecule has 108 valence electrons. The Morgan fingerprint density at radius 1 is 1.50 bits per heavy atom. The van der Waals surface area contributed by atoms with Crippen molar-refractivity contribution in [3.8, 4) is 0 Å². The fourth-order valence-corrected chi connectivity index (χ4v) is 2.21. The normalized spacial score (nSPS) is 14.6. The average Bonchev–Trinajstić information content (AvgIpc) is 2.35. The topological polar surface area (TPSA) is 75.5 Å². The molecule has 0 radical (unpaired) electrons. The van der Waals surface area contributed by atoms with E-state index in [0.717, 1.165) is 25.3 Å². The summed E-state index contributed by atoms with van der Waals surface area (Å²) in [5.41, 5.74) is -0.520. The molecule has 1 N–H and O–H groups in total. The summed E-state index contributed by atoms with van der Waals surface area (Å²) in [6.45, 7) is 0. The lowest BCUT2D eigenvalue weighted by Crippen LogP contribution is -2.41. The van der Waals surface area contributed by atoms with Crippen molar-refractivity contribution >= 4 is 17.3 Å². The lowest BCUT2D eigenvalue weighted by molar-refractivity contribution is -0.385. The van der Waals surface area contributed by atoms with Gasteiger partial charge in [0, 0.05) is 20.1 Å². The highest BCUT2D eigenvalue weighted by Crippen LogP contribution is 2.30. The van der Waals surface area contributed by atoms with Crippen molar-refractivity contribution in [2.24, 2.45) is 0 Å². The first-order chi connectivity index (χ1) is 9.45. The van der Waals surface area contributed by atoms with E-state index < -0.39 is 22.3 Å². The van der Waals surface area contributed by atoms with Crippen LogP contribution in [0.2, 0.25) is 0 Å². The number of amides is 1. The van der Waals surface area contributed by atoms with E-state index in [-0.39, 0.29) is 17.3 Å². The van der Waals surface area contributed by atoms with Crippen molar-refractivity contribution in [1.29, 1.82) is 0 Å². The third-order valence-electron chi connectivity index (χ3n) is 3.72. The number of nitrogens with zero attached hydrogens (tertiary/aromatic N) is 2. The lowest BCUT2D eigenvalue weighted by Gasteiger charge is -2.34. The Morgan fingerprint density at radius 2 is 2.15 bits per heavy atom. The van der Waals surface area contributed by atoms with Crippen LogP contribution in [-0.2, 0) is 0 Å². The molecule has 0 heterocycles. The van der Waals surface area contributed by atoms with Gasteiger partial charge in [-0.3, -0.25) is 14.9 Å². The molecule has 0 atom stereocenters. The van der Waals surface area contributed by atoms with Gasteiger partial charge in [0.05, 0.1) is 16.7 Å². The third kappa shape index (κ3) is 2.43. The van der Waals surface area contributed by atoms with Gasteiger partial charge in [0.25, 0.3) is 11.6 Å². The van der Waals surface area contributed by atoms with Crippen LogP contribution >= 0.6 is 0 Å². The SMILES string of the molecule is CNc1cc(C(=O)N(C)C2CCC2)c([N+](=O)[O-])cc1F. The monoisotopic (exact) mass is 281 g/mol. The predicted molar refractivity (Wildman–Crippen MR) is 72.3 cm³/mol. The number of carbonyl (C=O) groups is 1. The van der Waals surface area contributed by atoms with E-state index >= 15 is 0 Å². The van der Waals surface area contributed by atoms with Gasteiger partial charge >= 0.3 is 0 Å². The smallest absolute Gasteiger partial charge is 0.285 e. The van der Waals surface area contributed by atoms with Crippen LogP contribution in [0.25, 0.3) is 0 Å². The summed E-state index contributed by atoms with van der Waals surface area (Å²) in [4.78, 5) is 24.1. The van der Waals surface area contributed by atoms with Crippen LogP contribution in [0, 0.1) is 15.9 Å². The second kappa shape index (κ2) is 5.44. The molecule has 1 fully saturated rings. The van der Waals surface area contributed by atoms with Crippen molar-refractivity contribution in [2.75, 3.05) is 19.4 Å². The van der Waals surface area contributed by atoms with E-state index in [1.807, 2.05) is 0 Å². The molecule has 0 aromatic heterocycles. The maximum atomic E-state index is 13.6. The van der Waals surface area contributed by atoms with Crippen molar-refractivity contribution in [1.82, 2.24) is 4.90 Å². The minimum absolute atomic E-state index is 0.0703. The Kier molecular flexibility index (Phi) is 3.87. The van der Waals surface area contributed by atoms with Crippen LogP contribution in [0.1, 0.15) is 29.6 Å². The average molecular weight is 281 g/mol. The Balaban J connectivity index is 2.42. The van der Waals surface area contributed by atoms with Crippen LogP contribution in [0.5, 0.6) is 0 Å². The van der Waals surface area contributed by atoms with E-state index in [4.69, 9.17) is 0 Å². The third-order valence-corrected chi connectivity index (χ3v) is 3.72. The van der Waals surface area contributed by atoms with Crippen molar-refractivity contribution in [2.45, 2.75) is 25.3 Å². The van der Waals surface area contributed by atoms with Crippen molar-refractivity contribution < 1.29 is 14.1 Å². The van der Waals surface area contributed by atoms with Crippen LogP contribution < -0.4 is 5.32 Å². The maximum Gasteiger partial charge on any atom is 0.285 e. The summed E-state index contributed by atoms with van der Waals surface area (Å²) in [5.74, 6) is -1.19. The molecule has 0 unspecified atom stereocenters. The molecule has 0 aliphatic heterocycles. The Labute approximate surface area is 115 Å². The molecule has 20 heavy (non-hydrogen) atoms. The summed E-state index contributed by atoms with van der Waals surface area (Å²) in [7, 11) is 3.12. The van der Waals surface area contributed by atoms with Gasteiger partial charge in [0.1, 0.15) is 5.56 Å². The molecular weight excluding hydrogens is 265 g/mol. The fourth-order valence-electron chi connectivity index (χ4n) is 2.21. The fraction of sp³-hybridized carbons (Fsp3) is 0.462. The summed E-state index contributed by atoms with van der Waals surface area (Å²) >= 11 is 0. The van der Waals surface area contributed by atoms with E-state index in [2.05, 4.69) is 5.32 Å². The molecule has 1 aromatic carbocycles. The van der Waals surface area contributed by atoms with Gasteiger partial charge < -0.3 is 10.2 Å². The van der Waals surface area contributed by atoms with Crippen LogP contribution in [0.3, 0.4) is 0 Å². The molecule has 1 aromatic rings. The summed E-state index contributed by atoms with van der Waals surface area (Å²) in [6, 6.07) is 2.10. The first-order valence-electron chi connectivity index (χ1n) is 6.38. The van der Waals surface area contributed by atoms with Gasteiger partial charge in [-0.15, -0.1) is 0 Å². The largest absolute Gasteiger partial charge is 0.386 e. The molecule has 0 bridgehead atoms. The number of hydrogen-bond donors (Lipinski definition) is 1. The first kappa shape index (κ1) is 14.2. The Hall–Kier alpha value is -2.18. The Morgan fingerprint density at radius 3 is 2.60 bits per heavy atom. The molecule has 1 aliphatic carbocycles. The van der Waals surface area contributed by atoms with Gasteiger partial charge in [-0.05, 0) is 25.3 Å². The predicted octanol–water partition coefficient (Wildman–Crippen LogP) is 2.40. The number of halogens is 1. The molecule has 0 spiro atoms. The van der Waals surface area contributed by atoms with Crippen molar-refractivity contribution in [3.05, 3.63) is 33.6 Å². The highest BCUT2D eigenvalue weighted by molar-refractivity contribution is 5.99. The van der Waals surface area contributed by atoms with E-state index in [1.54, 1.807) is 7.05 Å². The number of hydrogen-bond acceptors (Lipinski definition) is 4. The molecule has 7 heteroatoms. The highest BCUT2D eigenvalue weighted by atomic mass is 19.1. The van der Waals surface area contributed by atoms with Gasteiger partial charge in [0.15, 0.2) is 5.82 Å². The van der Waals surface area contributed by atoms with Crippen molar-refractivity contribution in [3.63, 3.8) is 0 Å².